The highest BCUT2D eigenvalue weighted by Gasteiger charge is 2.12. The zero-order valence-corrected chi connectivity index (χ0v) is 13.6. The smallest absolute Gasteiger partial charge is 0.0974 e. The average molecular weight is 292 g/mol. The Morgan fingerprint density at radius 3 is 2.90 bits per heavy atom. The Kier molecular flexibility index (Phi) is 8.80. The monoisotopic (exact) mass is 292 g/mol. The molecule has 4 heteroatoms. The summed E-state index contributed by atoms with van der Waals surface area (Å²) in [5, 5.41) is 12.8. The summed E-state index contributed by atoms with van der Waals surface area (Å²) in [7, 11) is 1.72. The molecule has 0 heterocycles. The van der Waals surface area contributed by atoms with E-state index in [2.05, 4.69) is 31.3 Å². The van der Waals surface area contributed by atoms with E-state index in [0.717, 1.165) is 50.0 Å². The van der Waals surface area contributed by atoms with Crippen LogP contribution in [0.5, 0.6) is 0 Å². The second-order valence-corrected chi connectivity index (χ2v) is 5.82. The summed E-state index contributed by atoms with van der Waals surface area (Å²) >= 11 is 0. The third kappa shape index (κ3) is 7.31. The van der Waals surface area contributed by atoms with Gasteiger partial charge in [0.15, 0.2) is 0 Å². The van der Waals surface area contributed by atoms with Gasteiger partial charge in [-0.15, -0.1) is 0 Å². The Morgan fingerprint density at radius 2 is 2.24 bits per heavy atom. The van der Waals surface area contributed by atoms with Crippen LogP contribution in [0.3, 0.4) is 0 Å². The number of methoxy groups -OCH3 is 1. The van der Waals surface area contributed by atoms with Gasteiger partial charge in [-0.25, -0.2) is 0 Å². The highest BCUT2D eigenvalue weighted by Crippen LogP contribution is 2.23. The van der Waals surface area contributed by atoms with Crippen LogP contribution in [0.2, 0.25) is 0 Å². The molecular weight excluding hydrogens is 264 g/mol. The van der Waals surface area contributed by atoms with Crippen LogP contribution in [-0.2, 0) is 9.47 Å². The molecular formula is C17H28N2O2. The Labute approximate surface area is 128 Å². The second kappa shape index (κ2) is 10.4. The van der Waals surface area contributed by atoms with E-state index < -0.39 is 0 Å². The van der Waals surface area contributed by atoms with E-state index in [1.165, 1.54) is 5.70 Å². The van der Waals surface area contributed by atoms with Crippen molar-refractivity contribution in [3.63, 3.8) is 0 Å². The molecule has 0 aromatic rings. The van der Waals surface area contributed by atoms with Crippen molar-refractivity contribution < 1.29 is 9.47 Å². The fraction of sp³-hybridized carbons (Fsp3) is 0.706. The molecule has 0 amide bonds. The number of hydrogen-bond acceptors (Lipinski definition) is 4. The zero-order valence-electron chi connectivity index (χ0n) is 13.6. The molecule has 0 saturated heterocycles. The molecule has 0 aliphatic heterocycles. The highest BCUT2D eigenvalue weighted by molar-refractivity contribution is 5.38. The maximum atomic E-state index is 9.32. The Hall–Kier alpha value is -1.31. The molecule has 0 saturated carbocycles. The summed E-state index contributed by atoms with van der Waals surface area (Å²) in [5.74, 6) is 0.495. The van der Waals surface area contributed by atoms with Gasteiger partial charge < -0.3 is 14.8 Å². The number of nitrogens with one attached hydrogen (secondary N) is 1. The number of nitrogens with zero attached hydrogens (tertiary/aromatic N) is 1. The quantitative estimate of drug-likeness (QED) is 0.524. The van der Waals surface area contributed by atoms with E-state index in [4.69, 9.17) is 9.47 Å². The summed E-state index contributed by atoms with van der Waals surface area (Å²) in [6.45, 7) is 7.04. The molecule has 0 fully saturated rings. The summed E-state index contributed by atoms with van der Waals surface area (Å²) in [6, 6.07) is 2.30. The van der Waals surface area contributed by atoms with Gasteiger partial charge >= 0.3 is 0 Å². The van der Waals surface area contributed by atoms with Gasteiger partial charge in [-0.1, -0.05) is 13.8 Å². The maximum absolute atomic E-state index is 9.32. The van der Waals surface area contributed by atoms with Gasteiger partial charge in [-0.3, -0.25) is 0 Å². The van der Waals surface area contributed by atoms with Gasteiger partial charge in [0.25, 0.3) is 0 Å². The lowest BCUT2D eigenvalue weighted by atomic mass is 9.95. The predicted octanol–water partition coefficient (Wildman–Crippen LogP) is 3.17. The summed E-state index contributed by atoms with van der Waals surface area (Å²) in [6.07, 6.45) is 6.25. The van der Waals surface area contributed by atoms with Crippen molar-refractivity contribution in [3.05, 3.63) is 22.9 Å². The first-order chi connectivity index (χ1) is 10.2. The molecule has 0 bridgehead atoms. The molecule has 1 aliphatic rings. The second-order valence-electron chi connectivity index (χ2n) is 5.82. The number of allylic oxidation sites excluding steroid dienone is 3. The van der Waals surface area contributed by atoms with E-state index >= 15 is 0 Å². The predicted molar refractivity (Wildman–Crippen MR) is 84.7 cm³/mol. The Bertz CT molecular complexity index is 406. The summed E-state index contributed by atoms with van der Waals surface area (Å²) in [4.78, 5) is 0. The van der Waals surface area contributed by atoms with Crippen LogP contribution in [0.15, 0.2) is 22.9 Å². The van der Waals surface area contributed by atoms with Crippen molar-refractivity contribution in [2.75, 3.05) is 33.5 Å². The summed E-state index contributed by atoms with van der Waals surface area (Å²) < 4.78 is 10.6. The van der Waals surface area contributed by atoms with Gasteiger partial charge in [0.1, 0.15) is 0 Å². The van der Waals surface area contributed by atoms with E-state index in [9.17, 15) is 5.26 Å². The Morgan fingerprint density at radius 1 is 1.43 bits per heavy atom. The van der Waals surface area contributed by atoms with Crippen LogP contribution in [0.25, 0.3) is 0 Å². The minimum Gasteiger partial charge on any atom is -0.388 e. The SMILES string of the molecule is COCCCNC1=C/C(=C(/C#N)COCC(C)C)CCC1. The molecule has 0 spiro atoms. The van der Waals surface area contributed by atoms with Gasteiger partial charge in [-0.05, 0) is 43.3 Å². The lowest BCUT2D eigenvalue weighted by molar-refractivity contribution is 0.131. The van der Waals surface area contributed by atoms with Gasteiger partial charge in [0, 0.05) is 32.6 Å². The number of hydrogen-bond donors (Lipinski definition) is 1. The standard InChI is InChI=1S/C17H28N2O2/c1-14(2)12-21-13-16(11-18)15-6-4-7-17(10-15)19-8-5-9-20-3/h10,14,19H,4-9,12-13H2,1-3H3/b16-15-. The van der Waals surface area contributed by atoms with Crippen molar-refractivity contribution in [1.82, 2.24) is 5.32 Å². The van der Waals surface area contributed by atoms with Crippen molar-refractivity contribution >= 4 is 0 Å². The van der Waals surface area contributed by atoms with E-state index in [1.807, 2.05) is 0 Å². The lowest BCUT2D eigenvalue weighted by Crippen LogP contribution is -2.18. The average Bonchev–Trinajstić information content (AvgIpc) is 2.48. The van der Waals surface area contributed by atoms with Crippen LogP contribution >= 0.6 is 0 Å². The van der Waals surface area contributed by atoms with Crippen molar-refractivity contribution in [3.8, 4) is 6.07 Å². The van der Waals surface area contributed by atoms with E-state index in [0.29, 0.717) is 19.1 Å². The molecule has 1 aliphatic carbocycles. The van der Waals surface area contributed by atoms with Crippen LogP contribution in [0, 0.1) is 17.2 Å². The van der Waals surface area contributed by atoms with Gasteiger partial charge in [-0.2, -0.15) is 5.26 Å². The molecule has 118 valence electrons. The first-order valence-corrected chi connectivity index (χ1v) is 7.80. The molecule has 1 N–H and O–H groups in total. The van der Waals surface area contributed by atoms with E-state index in [1.54, 1.807) is 7.11 Å². The topological polar surface area (TPSA) is 54.3 Å². The zero-order chi connectivity index (χ0) is 15.5. The number of rotatable bonds is 9. The van der Waals surface area contributed by atoms with E-state index in [-0.39, 0.29) is 0 Å². The molecule has 0 unspecified atom stereocenters. The first-order valence-electron chi connectivity index (χ1n) is 7.80. The minimum absolute atomic E-state index is 0.428. The van der Waals surface area contributed by atoms with Crippen molar-refractivity contribution in [2.24, 2.45) is 5.92 Å². The number of ether oxygens (including phenoxy) is 2. The van der Waals surface area contributed by atoms with Crippen molar-refractivity contribution in [1.29, 1.82) is 5.26 Å². The fourth-order valence-electron chi connectivity index (χ4n) is 2.26. The molecule has 0 aromatic heterocycles. The molecule has 21 heavy (non-hydrogen) atoms. The largest absolute Gasteiger partial charge is 0.388 e. The van der Waals surface area contributed by atoms with Crippen molar-refractivity contribution in [2.45, 2.75) is 39.5 Å². The maximum Gasteiger partial charge on any atom is 0.0974 e. The Balaban J connectivity index is 2.56. The van der Waals surface area contributed by atoms with Gasteiger partial charge in [0.2, 0.25) is 0 Å². The van der Waals surface area contributed by atoms with Crippen LogP contribution in [0.1, 0.15) is 39.5 Å². The van der Waals surface area contributed by atoms with Crippen LogP contribution in [-0.4, -0.2) is 33.5 Å². The lowest BCUT2D eigenvalue weighted by Gasteiger charge is -2.18. The normalized spacial score (nSPS) is 17.4. The molecule has 0 radical (unpaired) electrons. The highest BCUT2D eigenvalue weighted by atomic mass is 16.5. The molecule has 1 rings (SSSR count). The molecule has 0 aromatic carbocycles. The third-order valence-electron chi connectivity index (χ3n) is 3.34. The minimum atomic E-state index is 0.428. The first kappa shape index (κ1) is 17.7. The van der Waals surface area contributed by atoms with Crippen LogP contribution in [0.4, 0.5) is 0 Å². The third-order valence-corrected chi connectivity index (χ3v) is 3.34. The van der Waals surface area contributed by atoms with Crippen LogP contribution < -0.4 is 5.32 Å². The van der Waals surface area contributed by atoms with Gasteiger partial charge in [0.05, 0.1) is 18.2 Å². The molecule has 4 nitrogen and oxygen atoms in total. The fourth-order valence-corrected chi connectivity index (χ4v) is 2.26. The molecule has 0 atom stereocenters. The summed E-state index contributed by atoms with van der Waals surface area (Å²) in [5.41, 5.74) is 3.12. The number of nitriles is 1.